The van der Waals surface area contributed by atoms with Crippen LogP contribution in [-0.2, 0) is 4.79 Å². The van der Waals surface area contributed by atoms with Crippen LogP contribution in [0.15, 0.2) is 0 Å². The lowest BCUT2D eigenvalue weighted by molar-refractivity contribution is -0.126. The van der Waals surface area contributed by atoms with E-state index in [0.717, 1.165) is 6.54 Å². The molecule has 2 atom stereocenters. The van der Waals surface area contributed by atoms with E-state index in [0.29, 0.717) is 5.78 Å². The molecule has 0 amide bonds. The summed E-state index contributed by atoms with van der Waals surface area (Å²) in [6.45, 7) is 6.88. The smallest absolute Gasteiger partial charge is 0.156 e. The Morgan fingerprint density at radius 1 is 1.50 bits per heavy atom. The van der Waals surface area contributed by atoms with E-state index in [1.807, 2.05) is 27.8 Å². The fourth-order valence-corrected chi connectivity index (χ4v) is 1.01. The normalized spacial score (nSPS) is 32.0. The Hall–Kier alpha value is -0.370. The van der Waals surface area contributed by atoms with E-state index in [-0.39, 0.29) is 11.5 Å². The first-order valence-electron chi connectivity index (χ1n) is 3.67. The van der Waals surface area contributed by atoms with Crippen molar-refractivity contribution < 1.29 is 4.79 Å². The zero-order chi connectivity index (χ0) is 7.94. The number of ketones is 1. The van der Waals surface area contributed by atoms with E-state index in [1.165, 1.54) is 0 Å². The van der Waals surface area contributed by atoms with E-state index in [1.54, 1.807) is 0 Å². The van der Waals surface area contributed by atoms with Crippen LogP contribution in [0.3, 0.4) is 0 Å². The van der Waals surface area contributed by atoms with E-state index in [9.17, 15) is 4.79 Å². The number of nitrogens with zero attached hydrogens (tertiary/aromatic N) is 1. The minimum Gasteiger partial charge on any atom is -0.297 e. The molecule has 1 fully saturated rings. The molecular formula is C8H15NO. The molecule has 1 saturated heterocycles. The van der Waals surface area contributed by atoms with Crippen molar-refractivity contribution in [1.82, 2.24) is 4.90 Å². The minimum atomic E-state index is -0.157. The summed E-state index contributed by atoms with van der Waals surface area (Å²) in [5.41, 5.74) is -0.157. The lowest BCUT2D eigenvalue weighted by Crippen LogP contribution is -2.26. The van der Waals surface area contributed by atoms with Crippen LogP contribution in [0.5, 0.6) is 0 Å². The molecule has 0 N–H and O–H groups in total. The van der Waals surface area contributed by atoms with Gasteiger partial charge in [0.25, 0.3) is 0 Å². The van der Waals surface area contributed by atoms with E-state index >= 15 is 0 Å². The lowest BCUT2D eigenvalue weighted by Gasteiger charge is -2.15. The molecule has 0 aliphatic carbocycles. The molecule has 1 aliphatic rings. The Balaban J connectivity index is 2.51. The molecule has 0 radical (unpaired) electrons. The van der Waals surface area contributed by atoms with Gasteiger partial charge >= 0.3 is 0 Å². The Labute approximate surface area is 62.2 Å². The molecule has 0 bridgehead atoms. The van der Waals surface area contributed by atoms with Gasteiger partial charge in [-0.15, -0.1) is 0 Å². The molecule has 1 unspecified atom stereocenters. The van der Waals surface area contributed by atoms with Crippen LogP contribution in [0.4, 0.5) is 0 Å². The van der Waals surface area contributed by atoms with Crippen molar-refractivity contribution in [3.05, 3.63) is 0 Å². The molecule has 0 aromatic heterocycles. The molecule has 58 valence electrons. The number of hydrogen-bond donors (Lipinski definition) is 0. The monoisotopic (exact) mass is 141 g/mol. The van der Waals surface area contributed by atoms with E-state index in [2.05, 4.69) is 4.90 Å². The molecule has 1 heterocycles. The highest BCUT2D eigenvalue weighted by Gasteiger charge is 2.41. The number of likely N-dealkylation sites (N-methyl/N-ethyl adjacent to an activating group) is 1. The Kier molecular flexibility index (Phi) is 1.59. The molecule has 1 aliphatic heterocycles. The molecule has 2 nitrogen and oxygen atoms in total. The van der Waals surface area contributed by atoms with Gasteiger partial charge in [0.1, 0.15) is 0 Å². The highest BCUT2D eigenvalue weighted by molar-refractivity contribution is 5.91. The first-order chi connectivity index (χ1) is 4.43. The standard InChI is InChI=1S/C8H15NO/c1-8(2,3)7(10)6-5-9(6)4/h6H,5H2,1-4H3/t6-,9?/m1/s1. The first kappa shape index (κ1) is 7.73. The zero-order valence-electron chi connectivity index (χ0n) is 7.14. The third-order valence-corrected chi connectivity index (χ3v) is 1.90. The summed E-state index contributed by atoms with van der Waals surface area (Å²) in [6.07, 6.45) is 0. The van der Waals surface area contributed by atoms with Gasteiger partial charge in [-0.3, -0.25) is 9.69 Å². The number of carbonyl (C=O) groups is 1. The van der Waals surface area contributed by atoms with Crippen LogP contribution in [-0.4, -0.2) is 30.3 Å². The average molecular weight is 141 g/mol. The van der Waals surface area contributed by atoms with Crippen LogP contribution >= 0.6 is 0 Å². The predicted octanol–water partition coefficient (Wildman–Crippen LogP) is 0.916. The fraction of sp³-hybridized carbons (Fsp3) is 0.875. The Bertz CT molecular complexity index is 157. The second-order valence-electron chi connectivity index (χ2n) is 4.07. The highest BCUT2D eigenvalue weighted by Crippen LogP contribution is 2.25. The summed E-state index contributed by atoms with van der Waals surface area (Å²) in [4.78, 5) is 13.5. The number of carbonyl (C=O) groups excluding carboxylic acids is 1. The molecule has 0 saturated carbocycles. The molecular weight excluding hydrogens is 126 g/mol. The van der Waals surface area contributed by atoms with Gasteiger partial charge in [0.2, 0.25) is 0 Å². The second kappa shape index (κ2) is 2.06. The largest absolute Gasteiger partial charge is 0.297 e. The van der Waals surface area contributed by atoms with Crippen molar-refractivity contribution in [2.24, 2.45) is 5.41 Å². The molecule has 0 aromatic rings. The van der Waals surface area contributed by atoms with Crippen molar-refractivity contribution in [1.29, 1.82) is 0 Å². The first-order valence-corrected chi connectivity index (χ1v) is 3.67. The molecule has 10 heavy (non-hydrogen) atoms. The second-order valence-corrected chi connectivity index (χ2v) is 4.07. The SMILES string of the molecule is CN1C[C@@H]1C(=O)C(C)(C)C. The van der Waals surface area contributed by atoms with Gasteiger partial charge in [-0.05, 0) is 7.05 Å². The van der Waals surface area contributed by atoms with Crippen molar-refractivity contribution in [2.45, 2.75) is 26.8 Å². The summed E-state index contributed by atoms with van der Waals surface area (Å²) >= 11 is 0. The Morgan fingerprint density at radius 2 is 1.90 bits per heavy atom. The maximum absolute atomic E-state index is 11.4. The maximum atomic E-state index is 11.4. The molecule has 0 aromatic carbocycles. The topological polar surface area (TPSA) is 20.1 Å². The summed E-state index contributed by atoms with van der Waals surface area (Å²) < 4.78 is 0. The van der Waals surface area contributed by atoms with Crippen molar-refractivity contribution in [3.63, 3.8) is 0 Å². The third-order valence-electron chi connectivity index (χ3n) is 1.90. The van der Waals surface area contributed by atoms with E-state index in [4.69, 9.17) is 0 Å². The fourth-order valence-electron chi connectivity index (χ4n) is 1.01. The van der Waals surface area contributed by atoms with Gasteiger partial charge in [0, 0.05) is 12.0 Å². The summed E-state index contributed by atoms with van der Waals surface area (Å²) in [5, 5.41) is 0. The van der Waals surface area contributed by atoms with Crippen LogP contribution in [0, 0.1) is 5.41 Å². The lowest BCUT2D eigenvalue weighted by atomic mass is 9.89. The summed E-state index contributed by atoms with van der Waals surface area (Å²) in [7, 11) is 1.98. The summed E-state index contributed by atoms with van der Waals surface area (Å²) in [5.74, 6) is 0.370. The average Bonchev–Trinajstić information content (AvgIpc) is 2.42. The number of hydrogen-bond acceptors (Lipinski definition) is 2. The van der Waals surface area contributed by atoms with Gasteiger partial charge in [-0.2, -0.15) is 0 Å². The summed E-state index contributed by atoms with van der Waals surface area (Å²) in [6, 6.07) is 0.222. The van der Waals surface area contributed by atoms with Gasteiger partial charge in [0.15, 0.2) is 5.78 Å². The van der Waals surface area contributed by atoms with Crippen LogP contribution in [0.2, 0.25) is 0 Å². The predicted molar refractivity (Wildman–Crippen MR) is 40.9 cm³/mol. The van der Waals surface area contributed by atoms with Crippen molar-refractivity contribution in [2.75, 3.05) is 13.6 Å². The van der Waals surface area contributed by atoms with Crippen molar-refractivity contribution in [3.8, 4) is 0 Å². The third kappa shape index (κ3) is 1.37. The maximum Gasteiger partial charge on any atom is 0.156 e. The van der Waals surface area contributed by atoms with Crippen LogP contribution < -0.4 is 0 Å². The molecule has 1 rings (SSSR count). The van der Waals surface area contributed by atoms with Crippen LogP contribution in [0.1, 0.15) is 20.8 Å². The van der Waals surface area contributed by atoms with Gasteiger partial charge in [-0.25, -0.2) is 0 Å². The van der Waals surface area contributed by atoms with Gasteiger partial charge < -0.3 is 0 Å². The molecule has 0 spiro atoms. The van der Waals surface area contributed by atoms with Gasteiger partial charge in [-0.1, -0.05) is 20.8 Å². The zero-order valence-corrected chi connectivity index (χ0v) is 7.14. The Morgan fingerprint density at radius 3 is 2.00 bits per heavy atom. The number of Topliss-reactive ketones (excluding diaryl/α,β-unsaturated/α-hetero) is 1. The van der Waals surface area contributed by atoms with Gasteiger partial charge in [0.05, 0.1) is 6.04 Å². The van der Waals surface area contributed by atoms with Crippen LogP contribution in [0.25, 0.3) is 0 Å². The quantitative estimate of drug-likeness (QED) is 0.506. The molecule has 2 heteroatoms. The number of rotatable bonds is 1. The van der Waals surface area contributed by atoms with E-state index < -0.39 is 0 Å². The minimum absolute atomic E-state index is 0.157. The van der Waals surface area contributed by atoms with Crippen molar-refractivity contribution >= 4 is 5.78 Å². The highest BCUT2D eigenvalue weighted by atomic mass is 16.1.